The van der Waals surface area contributed by atoms with Crippen molar-refractivity contribution < 1.29 is 43.0 Å². The van der Waals surface area contributed by atoms with Crippen molar-refractivity contribution in [3.05, 3.63) is 72.9 Å². The molecule has 0 heterocycles. The van der Waals surface area contributed by atoms with Crippen molar-refractivity contribution in [2.24, 2.45) is 0 Å². The fourth-order valence-corrected chi connectivity index (χ4v) is 4.78. The number of esters is 2. The van der Waals surface area contributed by atoms with Crippen LogP contribution in [0, 0.1) is 0 Å². The van der Waals surface area contributed by atoms with Gasteiger partial charge in [0, 0.05) is 12.8 Å². The molecule has 0 rings (SSSR count). The average molecular weight is 695 g/mol. The summed E-state index contributed by atoms with van der Waals surface area (Å²) < 4.78 is 26.1. The van der Waals surface area contributed by atoms with E-state index in [0.717, 1.165) is 38.5 Å². The highest BCUT2D eigenvalue weighted by atomic mass is 31.2. The zero-order valence-corrected chi connectivity index (χ0v) is 30.4. The second-order valence-corrected chi connectivity index (χ2v) is 12.9. The summed E-state index contributed by atoms with van der Waals surface area (Å²) >= 11 is 0. The van der Waals surface area contributed by atoms with Gasteiger partial charge in [0.15, 0.2) is 6.10 Å². The number of phosphoric acid groups is 1. The van der Waals surface area contributed by atoms with Gasteiger partial charge in [0.25, 0.3) is 0 Å². The number of hydrogen-bond donors (Lipinski definition) is 3. The van der Waals surface area contributed by atoms with Gasteiger partial charge < -0.3 is 24.4 Å². The molecule has 0 spiro atoms. The number of hydrogen-bond acceptors (Lipinski definition) is 7. The molecule has 0 aliphatic carbocycles. The van der Waals surface area contributed by atoms with Crippen LogP contribution in [-0.2, 0) is 28.2 Å². The van der Waals surface area contributed by atoms with E-state index in [1.807, 2.05) is 48.6 Å². The Balaban J connectivity index is 4.22. The second kappa shape index (κ2) is 33.0. The summed E-state index contributed by atoms with van der Waals surface area (Å²) in [6.45, 7) is 3.39. The van der Waals surface area contributed by atoms with Crippen molar-refractivity contribution in [3.8, 4) is 0 Å². The number of allylic oxidation sites excluding steroid dienone is 10. The van der Waals surface area contributed by atoms with E-state index >= 15 is 0 Å². The van der Waals surface area contributed by atoms with Gasteiger partial charge in [-0.15, -0.1) is 0 Å². The van der Waals surface area contributed by atoms with Crippen molar-refractivity contribution >= 4 is 19.8 Å². The number of aliphatic hydroxyl groups excluding tert-OH is 1. The van der Waals surface area contributed by atoms with Gasteiger partial charge in [0.05, 0.1) is 12.7 Å². The Kier molecular flexibility index (Phi) is 31.2. The Labute approximate surface area is 290 Å². The van der Waals surface area contributed by atoms with Crippen LogP contribution in [-0.4, -0.2) is 52.3 Å². The predicted molar refractivity (Wildman–Crippen MR) is 194 cm³/mol. The minimum atomic E-state index is -4.78. The highest BCUT2D eigenvalue weighted by Crippen LogP contribution is 2.35. The number of rotatable bonds is 31. The lowest BCUT2D eigenvalue weighted by Gasteiger charge is -2.18. The minimum Gasteiger partial charge on any atom is -0.462 e. The van der Waals surface area contributed by atoms with Crippen LogP contribution >= 0.6 is 7.82 Å². The van der Waals surface area contributed by atoms with Gasteiger partial charge in [-0.05, 0) is 44.9 Å². The lowest BCUT2D eigenvalue weighted by Crippen LogP contribution is -2.29. The van der Waals surface area contributed by atoms with E-state index in [9.17, 15) is 19.3 Å². The fraction of sp³-hybridized carbons (Fsp3) is 0.632. The average Bonchev–Trinajstić information content (AvgIpc) is 3.04. The van der Waals surface area contributed by atoms with E-state index in [4.69, 9.17) is 19.3 Å². The second-order valence-electron chi connectivity index (χ2n) is 11.7. The molecule has 48 heavy (non-hydrogen) atoms. The molecule has 0 fully saturated rings. The van der Waals surface area contributed by atoms with Gasteiger partial charge in [0.2, 0.25) is 0 Å². The predicted octanol–water partition coefficient (Wildman–Crippen LogP) is 9.31. The van der Waals surface area contributed by atoms with Crippen LogP contribution in [0.2, 0.25) is 0 Å². The Hall–Kier alpha value is -2.55. The highest BCUT2D eigenvalue weighted by molar-refractivity contribution is 7.46. The molecule has 10 heteroatoms. The maximum Gasteiger partial charge on any atom is 0.469 e. The largest absolute Gasteiger partial charge is 0.469 e. The SMILES string of the molecule is CC/C=C\C/C=C\CC(O)/C=C/C=C\C/C=C\C/C=C\CCC(=O)O[C@H](COC(=O)CCCCCCCCCCCC)COP(=O)(O)O. The van der Waals surface area contributed by atoms with Crippen molar-refractivity contribution in [3.63, 3.8) is 0 Å². The van der Waals surface area contributed by atoms with Gasteiger partial charge in [-0.3, -0.25) is 14.1 Å². The summed E-state index contributed by atoms with van der Waals surface area (Å²) in [6.07, 6.45) is 38.1. The lowest BCUT2D eigenvalue weighted by atomic mass is 10.1. The maximum atomic E-state index is 12.3. The number of unbranched alkanes of at least 4 members (excludes halogenated alkanes) is 9. The lowest BCUT2D eigenvalue weighted by molar-refractivity contribution is -0.161. The Morgan fingerprint density at radius 2 is 1.25 bits per heavy atom. The first-order chi connectivity index (χ1) is 23.2. The van der Waals surface area contributed by atoms with Crippen LogP contribution in [0.4, 0.5) is 0 Å². The van der Waals surface area contributed by atoms with Crippen molar-refractivity contribution in [2.45, 2.75) is 142 Å². The number of ether oxygens (including phenoxy) is 2. The van der Waals surface area contributed by atoms with Crippen LogP contribution in [0.15, 0.2) is 72.9 Å². The van der Waals surface area contributed by atoms with E-state index in [1.165, 1.54) is 38.5 Å². The number of carbonyl (C=O) groups is 2. The molecule has 0 aliphatic rings. The smallest absolute Gasteiger partial charge is 0.462 e. The van der Waals surface area contributed by atoms with E-state index < -0.39 is 38.6 Å². The highest BCUT2D eigenvalue weighted by Gasteiger charge is 2.22. The molecule has 2 atom stereocenters. The topological polar surface area (TPSA) is 140 Å². The third kappa shape index (κ3) is 34.8. The first-order valence-electron chi connectivity index (χ1n) is 17.8. The third-order valence-electron chi connectivity index (χ3n) is 7.08. The summed E-state index contributed by atoms with van der Waals surface area (Å²) in [7, 11) is -4.78. The zero-order valence-electron chi connectivity index (χ0n) is 29.5. The molecule has 0 saturated carbocycles. The molecule has 0 amide bonds. The van der Waals surface area contributed by atoms with Crippen LogP contribution < -0.4 is 0 Å². The summed E-state index contributed by atoms with van der Waals surface area (Å²) in [5, 5.41) is 9.95. The molecule has 0 aromatic heterocycles. The molecule has 0 radical (unpaired) electrons. The van der Waals surface area contributed by atoms with Gasteiger partial charge in [0.1, 0.15) is 6.61 Å². The Bertz CT molecular complexity index is 1020. The van der Waals surface area contributed by atoms with Crippen LogP contribution in [0.5, 0.6) is 0 Å². The summed E-state index contributed by atoms with van der Waals surface area (Å²) in [4.78, 5) is 42.5. The third-order valence-corrected chi connectivity index (χ3v) is 7.57. The van der Waals surface area contributed by atoms with Gasteiger partial charge in [-0.1, -0.05) is 145 Å². The fourth-order valence-electron chi connectivity index (χ4n) is 4.42. The number of aliphatic hydroxyl groups is 1. The molecule has 0 saturated heterocycles. The Morgan fingerprint density at radius 3 is 1.90 bits per heavy atom. The van der Waals surface area contributed by atoms with Gasteiger partial charge in [-0.2, -0.15) is 0 Å². The molecular formula is C38H63O9P. The first kappa shape index (κ1) is 45.5. The van der Waals surface area contributed by atoms with E-state index in [1.54, 1.807) is 6.08 Å². The minimum absolute atomic E-state index is 0.0613. The molecule has 1 unspecified atom stereocenters. The molecule has 0 bridgehead atoms. The van der Waals surface area contributed by atoms with Gasteiger partial charge in [-0.25, -0.2) is 4.57 Å². The Morgan fingerprint density at radius 1 is 0.667 bits per heavy atom. The van der Waals surface area contributed by atoms with Crippen LogP contribution in [0.1, 0.15) is 129 Å². The molecule has 0 aromatic rings. The molecule has 9 nitrogen and oxygen atoms in total. The van der Waals surface area contributed by atoms with Crippen LogP contribution in [0.25, 0.3) is 0 Å². The quantitative estimate of drug-likeness (QED) is 0.0213. The van der Waals surface area contributed by atoms with E-state index in [2.05, 4.69) is 36.6 Å². The van der Waals surface area contributed by atoms with Crippen LogP contribution in [0.3, 0.4) is 0 Å². The summed E-state index contributed by atoms with van der Waals surface area (Å²) in [6, 6.07) is 0. The molecule has 3 N–H and O–H groups in total. The van der Waals surface area contributed by atoms with E-state index in [-0.39, 0.29) is 19.4 Å². The summed E-state index contributed by atoms with van der Waals surface area (Å²) in [5.74, 6) is -1.02. The maximum absolute atomic E-state index is 12.3. The monoisotopic (exact) mass is 694 g/mol. The molecule has 0 aliphatic heterocycles. The van der Waals surface area contributed by atoms with E-state index in [0.29, 0.717) is 25.7 Å². The molecule has 274 valence electrons. The number of carbonyl (C=O) groups excluding carboxylic acids is 2. The van der Waals surface area contributed by atoms with Crippen molar-refractivity contribution in [2.75, 3.05) is 13.2 Å². The van der Waals surface area contributed by atoms with Gasteiger partial charge >= 0.3 is 19.8 Å². The normalized spacial score (nSPS) is 14.0. The molecule has 0 aromatic carbocycles. The summed E-state index contributed by atoms with van der Waals surface area (Å²) in [5.41, 5.74) is 0. The molecular weight excluding hydrogens is 631 g/mol. The van der Waals surface area contributed by atoms with Crippen molar-refractivity contribution in [1.82, 2.24) is 0 Å². The first-order valence-corrected chi connectivity index (χ1v) is 19.4. The standard InChI is InChI=1S/C38H63O9P/c1-3-5-7-9-11-12-16-19-23-27-31-37(40)45-33-36(34-46-48(42,43)44)47-38(41)32-28-24-20-17-14-13-15-18-22-26-30-35(39)29-25-21-10-8-6-4-2/h6,8,13-14,18,20-22,24-26,30,35-36,39H,3-5,7,9-12,15-17,19,23,27-29,31-34H2,1-2H3,(H2,42,43,44)/b8-6-,14-13-,22-18-,24-20-,25-21-,30-26+/t35?,36-/m1/s1. The van der Waals surface area contributed by atoms with Crippen molar-refractivity contribution in [1.29, 1.82) is 0 Å². The number of phosphoric ester groups is 1. The zero-order chi connectivity index (χ0) is 35.6.